The molecule has 0 aliphatic heterocycles. The third kappa shape index (κ3) is 4.18. The maximum absolute atomic E-state index is 5.29. The SMILES string of the molecule is CCOc1ccc(C#CCN)cc1.Cl. The molecule has 0 unspecified atom stereocenters. The smallest absolute Gasteiger partial charge is 0.119 e. The van der Waals surface area contributed by atoms with Gasteiger partial charge >= 0.3 is 0 Å². The van der Waals surface area contributed by atoms with E-state index in [1.165, 1.54) is 0 Å². The predicted octanol–water partition coefficient (Wildman–Crippen LogP) is 1.82. The van der Waals surface area contributed by atoms with Gasteiger partial charge in [0, 0.05) is 5.56 Å². The van der Waals surface area contributed by atoms with Crippen LogP contribution < -0.4 is 10.5 Å². The molecule has 0 amide bonds. The molecule has 0 heterocycles. The molecule has 2 N–H and O–H groups in total. The Balaban J connectivity index is 0.00000169. The van der Waals surface area contributed by atoms with E-state index >= 15 is 0 Å². The Hall–Kier alpha value is -1.17. The van der Waals surface area contributed by atoms with Gasteiger partial charge in [0.2, 0.25) is 0 Å². The van der Waals surface area contributed by atoms with Crippen molar-refractivity contribution < 1.29 is 4.74 Å². The highest BCUT2D eigenvalue weighted by Gasteiger charge is 1.90. The van der Waals surface area contributed by atoms with Crippen LogP contribution in [0.15, 0.2) is 24.3 Å². The number of ether oxygens (including phenoxy) is 1. The zero-order valence-corrected chi connectivity index (χ0v) is 8.93. The van der Waals surface area contributed by atoms with E-state index in [-0.39, 0.29) is 12.4 Å². The molecule has 0 atom stereocenters. The van der Waals surface area contributed by atoms with Crippen LogP contribution in [0.5, 0.6) is 5.75 Å². The minimum Gasteiger partial charge on any atom is -0.494 e. The minimum absolute atomic E-state index is 0. The topological polar surface area (TPSA) is 35.2 Å². The first kappa shape index (κ1) is 12.8. The lowest BCUT2D eigenvalue weighted by molar-refractivity contribution is 0.340. The summed E-state index contributed by atoms with van der Waals surface area (Å²) in [6, 6.07) is 7.66. The number of halogens is 1. The Morgan fingerprint density at radius 3 is 2.43 bits per heavy atom. The maximum Gasteiger partial charge on any atom is 0.119 e. The summed E-state index contributed by atoms with van der Waals surface area (Å²) in [6.45, 7) is 3.04. The fourth-order valence-electron chi connectivity index (χ4n) is 0.954. The Kier molecular flexibility index (Phi) is 6.65. The molecule has 0 fully saturated rings. The maximum atomic E-state index is 5.29. The molecule has 2 nitrogen and oxygen atoms in total. The standard InChI is InChI=1S/C11H13NO.ClH/c1-2-13-11-7-5-10(6-8-11)4-3-9-12;/h5-8H,2,9,12H2,1H3;1H. The summed E-state index contributed by atoms with van der Waals surface area (Å²) < 4.78 is 5.29. The first-order valence-corrected chi connectivity index (χ1v) is 4.28. The molecular weight excluding hydrogens is 198 g/mol. The third-order valence-electron chi connectivity index (χ3n) is 1.50. The van der Waals surface area contributed by atoms with E-state index in [2.05, 4.69) is 11.8 Å². The minimum atomic E-state index is 0. The van der Waals surface area contributed by atoms with Crippen LogP contribution in [0.1, 0.15) is 12.5 Å². The third-order valence-corrected chi connectivity index (χ3v) is 1.50. The Morgan fingerprint density at radius 1 is 1.29 bits per heavy atom. The molecule has 0 bridgehead atoms. The van der Waals surface area contributed by atoms with Gasteiger partial charge in [-0.3, -0.25) is 0 Å². The molecule has 0 aliphatic rings. The summed E-state index contributed by atoms with van der Waals surface area (Å²) in [6.07, 6.45) is 0. The monoisotopic (exact) mass is 211 g/mol. The van der Waals surface area contributed by atoms with Crippen molar-refractivity contribution in [1.29, 1.82) is 0 Å². The van der Waals surface area contributed by atoms with Gasteiger partial charge in [-0.1, -0.05) is 11.8 Å². The normalized spacial score (nSPS) is 8.14. The van der Waals surface area contributed by atoms with Crippen LogP contribution in [0.4, 0.5) is 0 Å². The highest BCUT2D eigenvalue weighted by atomic mass is 35.5. The number of hydrogen-bond donors (Lipinski definition) is 1. The summed E-state index contributed by atoms with van der Waals surface area (Å²) in [4.78, 5) is 0. The summed E-state index contributed by atoms with van der Waals surface area (Å²) in [5.74, 6) is 6.61. The first-order valence-electron chi connectivity index (χ1n) is 4.28. The van der Waals surface area contributed by atoms with Crippen molar-refractivity contribution in [3.05, 3.63) is 29.8 Å². The highest BCUT2D eigenvalue weighted by Crippen LogP contribution is 2.10. The Morgan fingerprint density at radius 2 is 1.93 bits per heavy atom. The fourth-order valence-corrected chi connectivity index (χ4v) is 0.954. The molecule has 1 rings (SSSR count). The second kappa shape index (κ2) is 7.25. The molecule has 0 radical (unpaired) electrons. The summed E-state index contributed by atoms with van der Waals surface area (Å²) in [7, 11) is 0. The summed E-state index contributed by atoms with van der Waals surface area (Å²) in [5.41, 5.74) is 6.22. The lowest BCUT2D eigenvalue weighted by Crippen LogP contribution is -1.93. The molecule has 1 aromatic rings. The number of nitrogens with two attached hydrogens (primary N) is 1. The van der Waals surface area contributed by atoms with Crippen molar-refractivity contribution in [2.75, 3.05) is 13.2 Å². The second-order valence-electron chi connectivity index (χ2n) is 2.46. The van der Waals surface area contributed by atoms with Crippen LogP contribution in [-0.2, 0) is 0 Å². The summed E-state index contributed by atoms with van der Waals surface area (Å²) >= 11 is 0. The van der Waals surface area contributed by atoms with Gasteiger partial charge in [-0.15, -0.1) is 12.4 Å². The van der Waals surface area contributed by atoms with Gasteiger partial charge in [0.15, 0.2) is 0 Å². The van der Waals surface area contributed by atoms with Gasteiger partial charge < -0.3 is 10.5 Å². The van der Waals surface area contributed by atoms with Crippen LogP contribution in [0.25, 0.3) is 0 Å². The number of hydrogen-bond acceptors (Lipinski definition) is 2. The van der Waals surface area contributed by atoms with Crippen LogP contribution in [-0.4, -0.2) is 13.2 Å². The van der Waals surface area contributed by atoms with Crippen LogP contribution in [0.2, 0.25) is 0 Å². The van der Waals surface area contributed by atoms with Crippen molar-refractivity contribution in [2.24, 2.45) is 5.73 Å². The summed E-state index contributed by atoms with van der Waals surface area (Å²) in [5, 5.41) is 0. The van der Waals surface area contributed by atoms with Gasteiger partial charge in [-0.2, -0.15) is 0 Å². The fraction of sp³-hybridized carbons (Fsp3) is 0.273. The van der Waals surface area contributed by atoms with Crippen molar-refractivity contribution in [2.45, 2.75) is 6.92 Å². The van der Waals surface area contributed by atoms with Gasteiger partial charge in [-0.25, -0.2) is 0 Å². The second-order valence-corrected chi connectivity index (χ2v) is 2.46. The number of rotatable bonds is 2. The molecule has 76 valence electrons. The molecule has 1 aromatic carbocycles. The van der Waals surface area contributed by atoms with E-state index in [1.807, 2.05) is 31.2 Å². The van der Waals surface area contributed by atoms with Gasteiger partial charge in [0.1, 0.15) is 5.75 Å². The van der Waals surface area contributed by atoms with Crippen molar-refractivity contribution in [3.8, 4) is 17.6 Å². The largest absolute Gasteiger partial charge is 0.494 e. The Bertz CT molecular complexity index is 310. The van der Waals surface area contributed by atoms with E-state index < -0.39 is 0 Å². The van der Waals surface area contributed by atoms with E-state index in [4.69, 9.17) is 10.5 Å². The van der Waals surface area contributed by atoms with Crippen LogP contribution >= 0.6 is 12.4 Å². The molecule has 14 heavy (non-hydrogen) atoms. The first-order chi connectivity index (χ1) is 6.36. The molecule has 0 saturated heterocycles. The van der Waals surface area contributed by atoms with Crippen LogP contribution in [0, 0.1) is 11.8 Å². The van der Waals surface area contributed by atoms with E-state index in [0.29, 0.717) is 13.2 Å². The van der Waals surface area contributed by atoms with Gasteiger partial charge in [0.25, 0.3) is 0 Å². The van der Waals surface area contributed by atoms with E-state index in [0.717, 1.165) is 11.3 Å². The highest BCUT2D eigenvalue weighted by molar-refractivity contribution is 5.85. The molecule has 0 aliphatic carbocycles. The van der Waals surface area contributed by atoms with Crippen molar-refractivity contribution in [1.82, 2.24) is 0 Å². The van der Waals surface area contributed by atoms with Crippen LogP contribution in [0.3, 0.4) is 0 Å². The van der Waals surface area contributed by atoms with Gasteiger partial charge in [-0.05, 0) is 31.2 Å². The zero-order valence-electron chi connectivity index (χ0n) is 8.12. The molecular formula is C11H14ClNO. The molecule has 0 saturated carbocycles. The molecule has 0 spiro atoms. The average molecular weight is 212 g/mol. The molecule has 3 heteroatoms. The lowest BCUT2D eigenvalue weighted by Gasteiger charge is -2.01. The zero-order chi connectivity index (χ0) is 9.52. The van der Waals surface area contributed by atoms with Crippen molar-refractivity contribution in [3.63, 3.8) is 0 Å². The predicted molar refractivity (Wildman–Crippen MR) is 60.8 cm³/mol. The number of benzene rings is 1. The van der Waals surface area contributed by atoms with E-state index in [9.17, 15) is 0 Å². The van der Waals surface area contributed by atoms with Crippen molar-refractivity contribution >= 4 is 12.4 Å². The van der Waals surface area contributed by atoms with E-state index in [1.54, 1.807) is 0 Å². The Labute approximate surface area is 90.9 Å². The molecule has 0 aromatic heterocycles. The average Bonchev–Trinajstić information content (AvgIpc) is 2.17. The lowest BCUT2D eigenvalue weighted by atomic mass is 10.2. The quantitative estimate of drug-likeness (QED) is 0.758. The van der Waals surface area contributed by atoms with Gasteiger partial charge in [0.05, 0.1) is 13.2 Å².